The summed E-state index contributed by atoms with van der Waals surface area (Å²) < 4.78 is 0. The third-order valence-corrected chi connectivity index (χ3v) is 2.80. The first kappa shape index (κ1) is 9.21. The first-order chi connectivity index (χ1) is 5.77. The largest absolute Gasteiger partial charge is 0.246 e. The molecule has 0 fully saturated rings. The van der Waals surface area contributed by atoms with Crippen molar-refractivity contribution in [3.8, 4) is 6.07 Å². The smallest absolute Gasteiger partial charge is 0.0941 e. The van der Waals surface area contributed by atoms with E-state index in [2.05, 4.69) is 24.9 Å². The van der Waals surface area contributed by atoms with Crippen molar-refractivity contribution in [1.82, 2.24) is 4.98 Å². The van der Waals surface area contributed by atoms with E-state index < -0.39 is 0 Å². The maximum absolute atomic E-state index is 8.39. The van der Waals surface area contributed by atoms with Crippen molar-refractivity contribution in [2.45, 2.75) is 33.1 Å². The van der Waals surface area contributed by atoms with Crippen molar-refractivity contribution in [3.05, 3.63) is 15.6 Å². The number of rotatable bonds is 3. The molecule has 0 radical (unpaired) electrons. The fraction of sp³-hybridized carbons (Fsp3) is 0.556. The van der Waals surface area contributed by atoms with Crippen LogP contribution in [0.1, 0.15) is 28.9 Å². The second kappa shape index (κ2) is 4.22. The number of nitrogens with zero attached hydrogens (tertiary/aromatic N) is 2. The monoisotopic (exact) mass is 180 g/mol. The predicted molar refractivity (Wildman–Crippen MR) is 50.2 cm³/mol. The third kappa shape index (κ3) is 2.05. The minimum atomic E-state index is 0.579. The number of hydrogen-bond donors (Lipinski definition) is 0. The molecule has 64 valence electrons. The highest BCUT2D eigenvalue weighted by molar-refractivity contribution is 7.11. The van der Waals surface area contributed by atoms with Crippen LogP contribution in [0.25, 0.3) is 0 Å². The first-order valence-corrected chi connectivity index (χ1v) is 4.91. The normalized spacial score (nSPS) is 9.75. The Kier molecular flexibility index (Phi) is 3.24. The Morgan fingerprint density at radius 2 is 2.33 bits per heavy atom. The van der Waals surface area contributed by atoms with Gasteiger partial charge in [0.25, 0.3) is 0 Å². The van der Waals surface area contributed by atoms with Gasteiger partial charge in [-0.3, -0.25) is 0 Å². The maximum atomic E-state index is 8.39. The Bertz CT molecular complexity index is 296. The highest BCUT2D eigenvalue weighted by atomic mass is 32.1. The number of aromatic nitrogens is 1. The average molecular weight is 180 g/mol. The van der Waals surface area contributed by atoms with Crippen molar-refractivity contribution >= 4 is 11.3 Å². The van der Waals surface area contributed by atoms with Crippen molar-refractivity contribution in [1.29, 1.82) is 5.26 Å². The van der Waals surface area contributed by atoms with Crippen molar-refractivity contribution in [2.24, 2.45) is 0 Å². The zero-order chi connectivity index (χ0) is 8.97. The van der Waals surface area contributed by atoms with Gasteiger partial charge in [-0.15, -0.1) is 11.3 Å². The summed E-state index contributed by atoms with van der Waals surface area (Å²) in [6.45, 7) is 4.20. The molecule has 0 aliphatic heterocycles. The van der Waals surface area contributed by atoms with Gasteiger partial charge in [0.05, 0.1) is 16.8 Å². The van der Waals surface area contributed by atoms with Crippen LogP contribution in [-0.2, 0) is 12.8 Å². The molecule has 0 atom stereocenters. The van der Waals surface area contributed by atoms with E-state index in [1.54, 1.807) is 11.3 Å². The Hall–Kier alpha value is -0.880. The standard InChI is InChI=1S/C9H12N2S/c1-3-8-7(2)12-9(11-8)5-4-6-10/h3-5H2,1-2H3. The molecule has 0 saturated heterocycles. The van der Waals surface area contributed by atoms with Crippen LogP contribution in [-0.4, -0.2) is 4.98 Å². The van der Waals surface area contributed by atoms with E-state index in [0.717, 1.165) is 17.8 Å². The third-order valence-electron chi connectivity index (χ3n) is 1.72. The lowest BCUT2D eigenvalue weighted by Gasteiger charge is -1.87. The molecule has 2 nitrogen and oxygen atoms in total. The molecular weight excluding hydrogens is 168 g/mol. The summed E-state index contributed by atoms with van der Waals surface area (Å²) in [5, 5.41) is 9.49. The maximum Gasteiger partial charge on any atom is 0.0941 e. The van der Waals surface area contributed by atoms with Gasteiger partial charge in [0.2, 0.25) is 0 Å². The van der Waals surface area contributed by atoms with E-state index in [0.29, 0.717) is 6.42 Å². The number of aryl methyl sites for hydroxylation is 3. The summed E-state index contributed by atoms with van der Waals surface area (Å²) in [5.41, 5.74) is 1.19. The van der Waals surface area contributed by atoms with E-state index in [1.807, 2.05) is 0 Å². The van der Waals surface area contributed by atoms with Crippen LogP contribution in [0, 0.1) is 18.3 Å². The summed E-state index contributed by atoms with van der Waals surface area (Å²) >= 11 is 1.72. The molecular formula is C9H12N2S. The number of hydrogen-bond acceptors (Lipinski definition) is 3. The van der Waals surface area contributed by atoms with E-state index >= 15 is 0 Å². The molecule has 1 aromatic heterocycles. The quantitative estimate of drug-likeness (QED) is 0.716. The molecule has 0 unspecified atom stereocenters. The molecule has 1 rings (SSSR count). The minimum Gasteiger partial charge on any atom is -0.246 e. The molecule has 1 heterocycles. The van der Waals surface area contributed by atoms with Gasteiger partial charge in [0.1, 0.15) is 0 Å². The van der Waals surface area contributed by atoms with Gasteiger partial charge in [-0.2, -0.15) is 5.26 Å². The highest BCUT2D eigenvalue weighted by Gasteiger charge is 2.04. The molecule has 0 aromatic carbocycles. The summed E-state index contributed by atoms with van der Waals surface area (Å²) in [7, 11) is 0. The Morgan fingerprint density at radius 3 is 2.83 bits per heavy atom. The summed E-state index contributed by atoms with van der Waals surface area (Å²) in [5.74, 6) is 0. The second-order valence-electron chi connectivity index (χ2n) is 2.62. The van der Waals surface area contributed by atoms with E-state index in [9.17, 15) is 0 Å². The number of nitriles is 1. The molecule has 0 saturated carbocycles. The number of thiazole rings is 1. The summed E-state index contributed by atoms with van der Waals surface area (Å²) in [6.07, 6.45) is 2.38. The van der Waals surface area contributed by atoms with E-state index in [4.69, 9.17) is 5.26 Å². The van der Waals surface area contributed by atoms with Crippen LogP contribution in [0.4, 0.5) is 0 Å². The van der Waals surface area contributed by atoms with Gasteiger partial charge in [0.15, 0.2) is 0 Å². The van der Waals surface area contributed by atoms with Crippen molar-refractivity contribution in [3.63, 3.8) is 0 Å². The van der Waals surface area contributed by atoms with Crippen LogP contribution in [0.5, 0.6) is 0 Å². The lowest BCUT2D eigenvalue weighted by molar-refractivity contribution is 0.949. The van der Waals surface area contributed by atoms with Gasteiger partial charge in [-0.1, -0.05) is 6.92 Å². The summed E-state index contributed by atoms with van der Waals surface area (Å²) in [6, 6.07) is 2.13. The SMILES string of the molecule is CCc1nc(CCC#N)sc1C. The molecule has 1 aromatic rings. The van der Waals surface area contributed by atoms with Crippen LogP contribution >= 0.6 is 11.3 Å². The Labute approximate surface area is 76.9 Å². The molecule has 0 spiro atoms. The Morgan fingerprint density at radius 1 is 1.58 bits per heavy atom. The molecule has 0 bridgehead atoms. The molecule has 3 heteroatoms. The molecule has 0 N–H and O–H groups in total. The highest BCUT2D eigenvalue weighted by Crippen LogP contribution is 2.18. The van der Waals surface area contributed by atoms with Gasteiger partial charge in [0, 0.05) is 17.7 Å². The predicted octanol–water partition coefficient (Wildman–Crippen LogP) is 2.47. The molecule has 12 heavy (non-hydrogen) atoms. The van der Waals surface area contributed by atoms with Gasteiger partial charge < -0.3 is 0 Å². The van der Waals surface area contributed by atoms with E-state index in [-0.39, 0.29) is 0 Å². The Balaban J connectivity index is 2.70. The lowest BCUT2D eigenvalue weighted by atomic mass is 10.3. The minimum absolute atomic E-state index is 0.579. The van der Waals surface area contributed by atoms with Gasteiger partial charge in [-0.25, -0.2) is 4.98 Å². The fourth-order valence-electron chi connectivity index (χ4n) is 1.09. The van der Waals surface area contributed by atoms with Crippen LogP contribution in [0.3, 0.4) is 0 Å². The average Bonchev–Trinajstić information content (AvgIpc) is 2.43. The zero-order valence-electron chi connectivity index (χ0n) is 7.42. The van der Waals surface area contributed by atoms with Crippen LogP contribution in [0.15, 0.2) is 0 Å². The van der Waals surface area contributed by atoms with Crippen molar-refractivity contribution < 1.29 is 0 Å². The zero-order valence-corrected chi connectivity index (χ0v) is 8.24. The first-order valence-electron chi connectivity index (χ1n) is 4.10. The molecule has 0 aliphatic rings. The van der Waals surface area contributed by atoms with Crippen molar-refractivity contribution in [2.75, 3.05) is 0 Å². The van der Waals surface area contributed by atoms with Gasteiger partial charge in [-0.05, 0) is 13.3 Å². The van der Waals surface area contributed by atoms with Crippen LogP contribution in [0.2, 0.25) is 0 Å². The van der Waals surface area contributed by atoms with Gasteiger partial charge >= 0.3 is 0 Å². The van der Waals surface area contributed by atoms with E-state index in [1.165, 1.54) is 10.6 Å². The topological polar surface area (TPSA) is 36.7 Å². The van der Waals surface area contributed by atoms with Crippen LogP contribution < -0.4 is 0 Å². The summed E-state index contributed by atoms with van der Waals surface area (Å²) in [4.78, 5) is 5.73. The molecule has 0 amide bonds. The molecule has 0 aliphatic carbocycles. The lowest BCUT2D eigenvalue weighted by Crippen LogP contribution is -1.85. The fourth-order valence-corrected chi connectivity index (χ4v) is 2.11. The second-order valence-corrected chi connectivity index (χ2v) is 3.91.